The number of aromatic nitrogens is 7. The maximum absolute atomic E-state index is 4.58. The van der Waals surface area contributed by atoms with Crippen LogP contribution in [0.15, 0.2) is 36.9 Å². The molecule has 1 saturated heterocycles. The second-order valence-electron chi connectivity index (χ2n) is 8.54. The summed E-state index contributed by atoms with van der Waals surface area (Å²) in [4.78, 5) is 21.8. The molecule has 1 fully saturated rings. The summed E-state index contributed by atoms with van der Waals surface area (Å²) in [7, 11) is 4.19. The average molecular weight is 428 g/mol. The maximum Gasteiger partial charge on any atom is 0.181 e. The number of rotatable bonds is 3. The normalized spacial score (nSPS) is 15.3. The minimum Gasteiger partial charge on any atom is -0.367 e. The third-order valence-corrected chi connectivity index (χ3v) is 6.56. The fourth-order valence-corrected chi connectivity index (χ4v) is 4.49. The van der Waals surface area contributed by atoms with Crippen molar-refractivity contribution in [3.63, 3.8) is 0 Å². The van der Waals surface area contributed by atoms with Crippen molar-refractivity contribution in [2.75, 3.05) is 38.1 Å². The SMILES string of the molecule is Cc1ncc(-c2cnc3n[nH]c(-c4cc5c(N6CCN(C)CC6)cncc5[nH]4)c3c2)n1C. The molecule has 5 aromatic rings. The predicted molar refractivity (Wildman–Crippen MR) is 126 cm³/mol. The minimum absolute atomic E-state index is 0.693. The summed E-state index contributed by atoms with van der Waals surface area (Å²) in [6, 6.07) is 4.32. The Hall–Kier alpha value is -3.72. The smallest absolute Gasteiger partial charge is 0.181 e. The Bertz CT molecular complexity index is 1430. The highest BCUT2D eigenvalue weighted by molar-refractivity contribution is 5.99. The molecule has 0 saturated carbocycles. The Morgan fingerprint density at radius 1 is 0.906 bits per heavy atom. The molecule has 9 nitrogen and oxygen atoms in total. The van der Waals surface area contributed by atoms with Gasteiger partial charge >= 0.3 is 0 Å². The molecule has 0 aliphatic carbocycles. The summed E-state index contributed by atoms with van der Waals surface area (Å²) in [6.07, 6.45) is 7.60. The first-order valence-electron chi connectivity index (χ1n) is 10.8. The van der Waals surface area contributed by atoms with Crippen molar-refractivity contribution < 1.29 is 0 Å². The zero-order chi connectivity index (χ0) is 21.8. The number of imidazole rings is 1. The fraction of sp³-hybridized carbons (Fsp3) is 0.304. The molecule has 1 aliphatic heterocycles. The number of aryl methyl sites for hydroxylation is 1. The Morgan fingerprint density at radius 2 is 1.75 bits per heavy atom. The molecule has 0 spiro atoms. The van der Waals surface area contributed by atoms with Crippen molar-refractivity contribution in [1.82, 2.24) is 39.6 Å². The number of pyridine rings is 2. The quantitative estimate of drug-likeness (QED) is 0.460. The van der Waals surface area contributed by atoms with Crippen molar-refractivity contribution in [2.45, 2.75) is 6.92 Å². The largest absolute Gasteiger partial charge is 0.367 e. The van der Waals surface area contributed by atoms with E-state index in [9.17, 15) is 0 Å². The number of fused-ring (bicyclic) bond motifs is 2. The highest BCUT2D eigenvalue weighted by atomic mass is 15.3. The highest BCUT2D eigenvalue weighted by Gasteiger charge is 2.19. The van der Waals surface area contributed by atoms with Gasteiger partial charge in [-0.05, 0) is 26.1 Å². The number of anilines is 1. The first kappa shape index (κ1) is 19.0. The van der Waals surface area contributed by atoms with Gasteiger partial charge in [-0.3, -0.25) is 10.1 Å². The lowest BCUT2D eigenvalue weighted by Crippen LogP contribution is -2.44. The van der Waals surface area contributed by atoms with E-state index in [1.54, 1.807) is 0 Å². The van der Waals surface area contributed by atoms with Crippen LogP contribution in [0.4, 0.5) is 5.69 Å². The average Bonchev–Trinajstić information content (AvgIpc) is 3.50. The number of H-pyrrole nitrogens is 2. The molecular formula is C23H25N9. The van der Waals surface area contributed by atoms with Gasteiger partial charge in [0.25, 0.3) is 0 Å². The van der Waals surface area contributed by atoms with Gasteiger partial charge in [-0.15, -0.1) is 0 Å². The number of nitrogens with one attached hydrogen (secondary N) is 2. The maximum atomic E-state index is 4.58. The van der Waals surface area contributed by atoms with Gasteiger partial charge in [0.2, 0.25) is 0 Å². The molecule has 6 rings (SSSR count). The summed E-state index contributed by atoms with van der Waals surface area (Å²) >= 11 is 0. The van der Waals surface area contributed by atoms with E-state index in [0.717, 1.165) is 65.6 Å². The lowest BCUT2D eigenvalue weighted by atomic mass is 10.1. The summed E-state index contributed by atoms with van der Waals surface area (Å²) in [5.74, 6) is 0.965. The van der Waals surface area contributed by atoms with E-state index in [1.807, 2.05) is 38.8 Å². The molecule has 9 heteroatoms. The van der Waals surface area contributed by atoms with Crippen LogP contribution in [-0.4, -0.2) is 72.8 Å². The fourth-order valence-electron chi connectivity index (χ4n) is 4.49. The van der Waals surface area contributed by atoms with E-state index in [4.69, 9.17) is 0 Å². The van der Waals surface area contributed by atoms with Crippen LogP contribution in [0.3, 0.4) is 0 Å². The van der Waals surface area contributed by atoms with Crippen molar-refractivity contribution in [3.05, 3.63) is 42.7 Å². The molecule has 6 heterocycles. The third kappa shape index (κ3) is 2.96. The van der Waals surface area contributed by atoms with Gasteiger partial charge in [-0.1, -0.05) is 0 Å². The predicted octanol–water partition coefficient (Wildman–Crippen LogP) is 2.96. The van der Waals surface area contributed by atoms with Crippen LogP contribution in [0, 0.1) is 6.92 Å². The van der Waals surface area contributed by atoms with Gasteiger partial charge in [-0.25, -0.2) is 9.97 Å². The molecule has 5 aromatic heterocycles. The van der Waals surface area contributed by atoms with E-state index in [2.05, 4.69) is 63.7 Å². The van der Waals surface area contributed by atoms with Crippen LogP contribution in [0.2, 0.25) is 0 Å². The van der Waals surface area contributed by atoms with E-state index in [-0.39, 0.29) is 0 Å². The molecule has 0 atom stereocenters. The lowest BCUT2D eigenvalue weighted by Gasteiger charge is -2.34. The van der Waals surface area contributed by atoms with Crippen molar-refractivity contribution in [1.29, 1.82) is 0 Å². The van der Waals surface area contributed by atoms with Crippen LogP contribution in [0.25, 0.3) is 44.6 Å². The Labute approximate surface area is 185 Å². The van der Waals surface area contributed by atoms with Gasteiger partial charge in [0.05, 0.1) is 46.9 Å². The second-order valence-corrected chi connectivity index (χ2v) is 8.54. The molecule has 2 N–H and O–H groups in total. The second kappa shape index (κ2) is 7.16. The Balaban J connectivity index is 1.45. The van der Waals surface area contributed by atoms with Crippen LogP contribution in [0.5, 0.6) is 0 Å². The summed E-state index contributed by atoms with van der Waals surface area (Å²) < 4.78 is 2.07. The van der Waals surface area contributed by atoms with Crippen molar-refractivity contribution in [2.24, 2.45) is 7.05 Å². The number of piperazine rings is 1. The van der Waals surface area contributed by atoms with Crippen molar-refractivity contribution >= 4 is 27.6 Å². The molecule has 0 radical (unpaired) electrons. The molecule has 0 unspecified atom stereocenters. The molecule has 1 aliphatic rings. The zero-order valence-corrected chi connectivity index (χ0v) is 18.4. The van der Waals surface area contributed by atoms with Crippen molar-refractivity contribution in [3.8, 4) is 22.6 Å². The number of aromatic amines is 2. The van der Waals surface area contributed by atoms with Crippen LogP contribution in [0.1, 0.15) is 5.82 Å². The summed E-state index contributed by atoms with van der Waals surface area (Å²) in [6.45, 7) is 6.11. The van der Waals surface area contributed by atoms with E-state index in [0.29, 0.717) is 5.65 Å². The highest BCUT2D eigenvalue weighted by Crippen LogP contribution is 2.34. The van der Waals surface area contributed by atoms with Gasteiger partial charge in [0, 0.05) is 55.8 Å². The lowest BCUT2D eigenvalue weighted by molar-refractivity contribution is 0.313. The monoisotopic (exact) mass is 427 g/mol. The molecule has 162 valence electrons. The molecule has 32 heavy (non-hydrogen) atoms. The first-order valence-corrected chi connectivity index (χ1v) is 10.8. The minimum atomic E-state index is 0.693. The van der Waals surface area contributed by atoms with Crippen LogP contribution >= 0.6 is 0 Å². The number of hydrogen-bond donors (Lipinski definition) is 2. The van der Waals surface area contributed by atoms with Gasteiger partial charge in [0.1, 0.15) is 5.82 Å². The number of hydrogen-bond acceptors (Lipinski definition) is 6. The Kier molecular flexibility index (Phi) is 4.25. The van der Waals surface area contributed by atoms with Crippen LogP contribution in [-0.2, 0) is 7.05 Å². The van der Waals surface area contributed by atoms with Gasteiger partial charge in [0.15, 0.2) is 5.65 Å². The molecule has 0 amide bonds. The third-order valence-electron chi connectivity index (χ3n) is 6.56. The van der Waals surface area contributed by atoms with E-state index < -0.39 is 0 Å². The van der Waals surface area contributed by atoms with E-state index >= 15 is 0 Å². The molecule has 0 aromatic carbocycles. The standard InChI is InChI=1S/C23H25N9/c1-14-25-13-20(31(14)3)15-8-17-22(28-29-23(17)26-10-15)18-9-16-19(27-18)11-24-12-21(16)32-6-4-30(2)5-7-32/h8-13,27H,4-7H2,1-3H3,(H,26,28,29). The zero-order valence-electron chi connectivity index (χ0n) is 18.4. The number of nitrogens with zero attached hydrogens (tertiary/aromatic N) is 7. The van der Waals surface area contributed by atoms with Crippen LogP contribution < -0.4 is 4.90 Å². The van der Waals surface area contributed by atoms with E-state index in [1.165, 1.54) is 11.1 Å². The molecular weight excluding hydrogens is 402 g/mol. The summed E-state index contributed by atoms with van der Waals surface area (Å²) in [5.41, 5.74) is 6.83. The van der Waals surface area contributed by atoms with Gasteiger partial charge < -0.3 is 19.4 Å². The number of likely N-dealkylation sites (N-methyl/N-ethyl adjacent to an activating group) is 1. The first-order chi connectivity index (χ1) is 15.6. The van der Waals surface area contributed by atoms with Gasteiger partial charge in [-0.2, -0.15) is 5.10 Å². The molecule has 0 bridgehead atoms. The topological polar surface area (TPSA) is 94.6 Å². The Morgan fingerprint density at radius 3 is 2.53 bits per heavy atom. The summed E-state index contributed by atoms with van der Waals surface area (Å²) in [5, 5.41) is 9.77.